The van der Waals surface area contributed by atoms with E-state index >= 15 is 0 Å². The topological polar surface area (TPSA) is 176 Å². The summed E-state index contributed by atoms with van der Waals surface area (Å²) in [5.41, 5.74) is 16.3. The van der Waals surface area contributed by atoms with Crippen LogP contribution in [0.2, 0.25) is 0 Å². The first-order valence-corrected chi connectivity index (χ1v) is 20.6. The molecule has 5 aromatic carbocycles. The minimum absolute atomic E-state index is 0.155. The maximum atomic E-state index is 15.0. The predicted molar refractivity (Wildman–Crippen MR) is 236 cm³/mol. The van der Waals surface area contributed by atoms with Gasteiger partial charge in [0.1, 0.15) is 11.6 Å². The highest BCUT2D eigenvalue weighted by molar-refractivity contribution is 5.90. The molecule has 6 rings (SSSR count). The number of aromatic nitrogens is 1. The molecule has 310 valence electrons. The molecule has 0 spiro atoms. The summed E-state index contributed by atoms with van der Waals surface area (Å²) in [7, 11) is 0. The number of amides is 3. The fraction of sp³-hybridized carbons (Fsp3) is 0.354. The Morgan fingerprint density at radius 3 is 2.03 bits per heavy atom. The summed E-state index contributed by atoms with van der Waals surface area (Å²) in [5, 5.41) is 22.3. The van der Waals surface area contributed by atoms with Gasteiger partial charge in [0, 0.05) is 48.7 Å². The fourth-order valence-corrected chi connectivity index (χ4v) is 7.83. The van der Waals surface area contributed by atoms with Crippen molar-refractivity contribution in [2.24, 2.45) is 11.5 Å². The van der Waals surface area contributed by atoms with Crippen molar-refractivity contribution < 1.29 is 24.2 Å². The number of hydrogen-bond acceptors (Lipinski definition) is 7. The quantitative estimate of drug-likeness (QED) is 0.0506. The van der Waals surface area contributed by atoms with Crippen LogP contribution in [0.5, 0.6) is 0 Å². The van der Waals surface area contributed by atoms with Crippen molar-refractivity contribution in [2.75, 3.05) is 19.7 Å². The van der Waals surface area contributed by atoms with Gasteiger partial charge in [0.2, 0.25) is 11.8 Å². The molecule has 0 aliphatic heterocycles. The van der Waals surface area contributed by atoms with E-state index in [4.69, 9.17) is 16.2 Å². The summed E-state index contributed by atoms with van der Waals surface area (Å²) in [4.78, 5) is 46.0. The summed E-state index contributed by atoms with van der Waals surface area (Å²) in [6.45, 7) is 5.89. The Bertz CT molecular complexity index is 2350. The van der Waals surface area contributed by atoms with E-state index in [0.29, 0.717) is 32.2 Å². The zero-order chi connectivity index (χ0) is 41.9. The molecule has 4 atom stereocenters. The molecule has 0 saturated heterocycles. The molecule has 0 aliphatic rings. The second-order valence-corrected chi connectivity index (χ2v) is 16.5. The molecular formula is C48H58N6O5. The number of carbonyl (C=O) groups is 3. The van der Waals surface area contributed by atoms with Crippen LogP contribution >= 0.6 is 0 Å². The molecule has 11 heteroatoms. The van der Waals surface area contributed by atoms with Gasteiger partial charge in [-0.2, -0.15) is 0 Å². The molecule has 11 nitrogen and oxygen atoms in total. The van der Waals surface area contributed by atoms with Crippen LogP contribution in [0.4, 0.5) is 4.79 Å². The Morgan fingerprint density at radius 1 is 0.797 bits per heavy atom. The van der Waals surface area contributed by atoms with E-state index in [9.17, 15) is 19.5 Å². The second kappa shape index (κ2) is 19.8. The smallest absolute Gasteiger partial charge is 0.407 e. The number of aliphatic hydroxyl groups excluding tert-OH is 1. The maximum Gasteiger partial charge on any atom is 0.407 e. The fourth-order valence-electron chi connectivity index (χ4n) is 7.83. The van der Waals surface area contributed by atoms with Crippen molar-refractivity contribution in [3.63, 3.8) is 0 Å². The summed E-state index contributed by atoms with van der Waals surface area (Å²) in [5.74, 6) is -1.03. The lowest BCUT2D eigenvalue weighted by atomic mass is 9.95. The average Bonchev–Trinajstić information content (AvgIpc) is 3.63. The molecule has 1 heterocycles. The first-order chi connectivity index (χ1) is 28.4. The van der Waals surface area contributed by atoms with Crippen LogP contribution < -0.4 is 22.1 Å². The first-order valence-electron chi connectivity index (χ1n) is 20.6. The van der Waals surface area contributed by atoms with E-state index in [1.165, 1.54) is 0 Å². The van der Waals surface area contributed by atoms with E-state index in [1.54, 1.807) is 4.90 Å². The third-order valence-corrected chi connectivity index (χ3v) is 10.8. The standard InChI is InChI=1S/C48H58N6O5/c1-48(2,3)59-47(58)51-23-11-10-16-40(30-52-39(31-55)28-38-29-53-43-18-9-8-17-41(38)43)54(44(45(50)56)27-33-20-22-35-13-5-7-15-37(35)25-33)46(57)42(49)26-32-19-21-34-12-4-6-14-36(34)24-32/h4-9,12-15,17-22,24-25,29,39-40,42,44,52-53,55H,10-11,16,23,26-28,30-31,49H2,1-3H3,(H2,50,56)(H,51,58)/t39-,40-,42-,44-/m0/s1. The molecular weight excluding hydrogens is 741 g/mol. The Morgan fingerprint density at radius 2 is 1.41 bits per heavy atom. The number of hydrogen-bond donors (Lipinski definition) is 6. The van der Waals surface area contributed by atoms with E-state index in [0.717, 1.165) is 49.1 Å². The van der Waals surface area contributed by atoms with Gasteiger partial charge in [-0.25, -0.2) is 4.79 Å². The van der Waals surface area contributed by atoms with E-state index in [2.05, 4.69) is 15.6 Å². The van der Waals surface area contributed by atoms with Gasteiger partial charge in [0.15, 0.2) is 0 Å². The summed E-state index contributed by atoms with van der Waals surface area (Å²) < 4.78 is 5.42. The molecule has 0 aliphatic carbocycles. The minimum Gasteiger partial charge on any atom is -0.444 e. The molecule has 1 aromatic heterocycles. The van der Waals surface area contributed by atoms with Crippen molar-refractivity contribution in [1.29, 1.82) is 0 Å². The molecule has 0 bridgehead atoms. The van der Waals surface area contributed by atoms with Crippen LogP contribution in [0.15, 0.2) is 115 Å². The molecule has 6 aromatic rings. The predicted octanol–water partition coefficient (Wildman–Crippen LogP) is 6.53. The summed E-state index contributed by atoms with van der Waals surface area (Å²) in [6.07, 6.45) is 4.07. The minimum atomic E-state index is -1.03. The third-order valence-electron chi connectivity index (χ3n) is 10.8. The van der Waals surface area contributed by atoms with Crippen LogP contribution in [0.25, 0.3) is 32.4 Å². The van der Waals surface area contributed by atoms with E-state index < -0.39 is 41.6 Å². The van der Waals surface area contributed by atoms with Gasteiger partial charge in [-0.1, -0.05) is 103 Å². The molecule has 8 N–H and O–H groups in total. The highest BCUT2D eigenvalue weighted by atomic mass is 16.6. The van der Waals surface area contributed by atoms with Gasteiger partial charge in [-0.3, -0.25) is 9.59 Å². The largest absolute Gasteiger partial charge is 0.444 e. The molecule has 59 heavy (non-hydrogen) atoms. The number of alkyl carbamates (subject to hydrolysis) is 1. The molecule has 0 radical (unpaired) electrons. The highest BCUT2D eigenvalue weighted by Crippen LogP contribution is 2.24. The molecule has 0 fully saturated rings. The monoisotopic (exact) mass is 798 g/mol. The number of nitrogens with two attached hydrogens (primary N) is 2. The molecule has 3 amide bonds. The van der Waals surface area contributed by atoms with Gasteiger partial charge in [0.25, 0.3) is 0 Å². The van der Waals surface area contributed by atoms with Crippen molar-refractivity contribution in [2.45, 2.75) is 89.1 Å². The summed E-state index contributed by atoms with van der Waals surface area (Å²) >= 11 is 0. The lowest BCUT2D eigenvalue weighted by molar-refractivity contribution is -0.143. The van der Waals surface area contributed by atoms with Crippen LogP contribution in [0.3, 0.4) is 0 Å². The van der Waals surface area contributed by atoms with Crippen LogP contribution in [0.1, 0.15) is 56.7 Å². The number of H-pyrrole nitrogens is 1. The Hall–Kier alpha value is -5.75. The normalized spacial score (nSPS) is 13.8. The Labute approximate surface area is 346 Å². The van der Waals surface area contributed by atoms with Crippen molar-refractivity contribution >= 4 is 50.4 Å². The van der Waals surface area contributed by atoms with Crippen LogP contribution in [0, 0.1) is 0 Å². The molecule has 0 unspecified atom stereocenters. The van der Waals surface area contributed by atoms with Crippen molar-refractivity contribution in [3.05, 3.63) is 132 Å². The number of carbonyl (C=O) groups excluding carboxylic acids is 3. The van der Waals surface area contributed by atoms with Crippen LogP contribution in [-0.2, 0) is 33.6 Å². The number of primary amides is 1. The molecule has 0 saturated carbocycles. The number of aromatic amines is 1. The Kier molecular flexibility index (Phi) is 14.4. The van der Waals surface area contributed by atoms with Gasteiger partial charge >= 0.3 is 6.09 Å². The number of benzene rings is 5. The average molecular weight is 799 g/mol. The van der Waals surface area contributed by atoms with Crippen molar-refractivity contribution in [1.82, 2.24) is 20.5 Å². The number of unbranched alkanes of at least 4 members (excludes halogenated alkanes) is 1. The maximum absolute atomic E-state index is 15.0. The lowest BCUT2D eigenvalue weighted by Crippen LogP contribution is -2.61. The Balaban J connectivity index is 1.30. The SMILES string of the molecule is CC(C)(C)OC(=O)NCCCC[C@@H](CN[C@H](CO)Cc1c[nH]c2ccccc12)N(C(=O)[C@@H](N)Cc1ccc2ccccc2c1)[C@@H](Cc1ccc2ccccc2c1)C(N)=O. The van der Waals surface area contributed by atoms with Gasteiger partial charge in [-0.15, -0.1) is 0 Å². The van der Waals surface area contributed by atoms with Gasteiger partial charge < -0.3 is 41.8 Å². The second-order valence-electron chi connectivity index (χ2n) is 16.5. The summed E-state index contributed by atoms with van der Waals surface area (Å²) in [6, 6.07) is 33.1. The third kappa shape index (κ3) is 11.7. The number of rotatable bonds is 19. The van der Waals surface area contributed by atoms with Crippen LogP contribution in [-0.4, -0.2) is 82.4 Å². The lowest BCUT2D eigenvalue weighted by Gasteiger charge is -2.39. The first kappa shape index (κ1) is 42.8. The van der Waals surface area contributed by atoms with E-state index in [1.807, 2.05) is 136 Å². The number of nitrogens with one attached hydrogen (secondary N) is 3. The number of para-hydroxylation sites is 1. The zero-order valence-corrected chi connectivity index (χ0v) is 34.3. The number of fused-ring (bicyclic) bond motifs is 3. The zero-order valence-electron chi connectivity index (χ0n) is 34.3. The highest BCUT2D eigenvalue weighted by Gasteiger charge is 2.37. The van der Waals surface area contributed by atoms with E-state index in [-0.39, 0.29) is 32.0 Å². The van der Waals surface area contributed by atoms with Crippen molar-refractivity contribution in [3.8, 4) is 0 Å². The van der Waals surface area contributed by atoms with Gasteiger partial charge in [0.05, 0.1) is 12.6 Å². The number of nitrogens with zero attached hydrogens (tertiary/aromatic N) is 1. The number of aliphatic hydroxyl groups is 1. The number of ether oxygens (including phenoxy) is 1. The van der Waals surface area contributed by atoms with Gasteiger partial charge in [-0.05, 0) is 97.2 Å².